The van der Waals surface area contributed by atoms with E-state index in [9.17, 15) is 45.1 Å². The first-order valence-corrected chi connectivity index (χ1v) is 17.4. The van der Waals surface area contributed by atoms with Crippen LogP contribution in [-0.4, -0.2) is 67.9 Å². The van der Waals surface area contributed by atoms with Crippen molar-refractivity contribution in [3.05, 3.63) is 107 Å². The summed E-state index contributed by atoms with van der Waals surface area (Å²) in [5, 5.41) is 18.8. The van der Waals surface area contributed by atoms with Crippen LogP contribution < -0.4 is 16.0 Å². The smallest absolute Gasteiger partial charge is 0.408 e. The van der Waals surface area contributed by atoms with Crippen molar-refractivity contribution in [2.45, 2.75) is 70.1 Å². The Morgan fingerprint density at radius 3 is 2.18 bits per heavy atom. The van der Waals surface area contributed by atoms with E-state index in [1.54, 1.807) is 30.3 Å². The molecule has 3 aromatic carbocycles. The van der Waals surface area contributed by atoms with E-state index >= 15 is 0 Å². The molecule has 0 aliphatic carbocycles. The van der Waals surface area contributed by atoms with Gasteiger partial charge in [0.1, 0.15) is 24.3 Å². The first kappa shape index (κ1) is 39.4. The van der Waals surface area contributed by atoms with E-state index in [0.29, 0.717) is 18.2 Å². The highest BCUT2D eigenvalue weighted by atomic mass is 32.2. The number of halogens is 5. The molecule has 0 bridgehead atoms. The zero-order valence-electron chi connectivity index (χ0n) is 26.8. The summed E-state index contributed by atoms with van der Waals surface area (Å²) in [6.45, 7) is 1.97. The highest BCUT2D eigenvalue weighted by Crippen LogP contribution is 2.22. The fraction of sp³-hybridized carbons (Fsp3) is 0.412. The number of rotatable bonds is 18. The van der Waals surface area contributed by atoms with Crippen molar-refractivity contribution in [3.63, 3.8) is 0 Å². The lowest BCUT2D eigenvalue weighted by Crippen LogP contribution is -2.56. The van der Waals surface area contributed by atoms with Gasteiger partial charge in [-0.2, -0.15) is 13.2 Å². The predicted molar refractivity (Wildman–Crippen MR) is 173 cm³/mol. The average Bonchev–Trinajstić information content (AvgIpc) is 3.02. The van der Waals surface area contributed by atoms with Gasteiger partial charge in [-0.25, -0.2) is 22.0 Å². The first-order chi connectivity index (χ1) is 23.1. The fourth-order valence-corrected chi connectivity index (χ4v) is 6.43. The second-order valence-corrected chi connectivity index (χ2v) is 13.8. The summed E-state index contributed by atoms with van der Waals surface area (Å²) in [6, 6.07) is 15.6. The molecule has 3 rings (SSSR count). The standard InChI is InChI=1S/C34H40F5N3O6S/c1-2-23-10-6-11-25(14-23)19-40-20-31(43)29(17-26-15-27(35)18-28(36)16-26)41-32(44)30(22-49(46,47)13-7-12-34(37,38)39)42-33(45)48-21-24-8-4-3-5-9-24/h3-6,8-11,14-16,18,29-31,40,43H,2,7,12-13,17,19-22H2,1H3,(H,41,44)(H,42,45)/t29-,30+,31+/m0/s1. The Hall–Kier alpha value is -4.08. The summed E-state index contributed by atoms with van der Waals surface area (Å²) in [6.07, 6.45) is -8.81. The molecule has 0 saturated carbocycles. The van der Waals surface area contributed by atoms with E-state index in [-0.39, 0.29) is 25.1 Å². The Bertz CT molecular complexity index is 1610. The van der Waals surface area contributed by atoms with E-state index in [1.165, 1.54) is 0 Å². The minimum absolute atomic E-state index is 0.0593. The predicted octanol–water partition coefficient (Wildman–Crippen LogP) is 4.76. The lowest BCUT2D eigenvalue weighted by molar-refractivity contribution is -0.134. The number of aliphatic hydroxyl groups is 1. The SMILES string of the molecule is CCc1cccc(CNC[C@@H](O)[C@H](Cc2cc(F)cc(F)c2)NC(=O)[C@@H](CS(=O)(=O)CCCC(F)(F)F)NC(=O)OCc2ccccc2)c1. The molecule has 2 amide bonds. The molecule has 0 heterocycles. The van der Waals surface area contributed by atoms with Gasteiger partial charge in [0.25, 0.3) is 0 Å². The monoisotopic (exact) mass is 713 g/mol. The van der Waals surface area contributed by atoms with Crippen LogP contribution in [0.4, 0.5) is 26.7 Å². The third-order valence-corrected chi connectivity index (χ3v) is 9.16. The molecule has 0 aromatic heterocycles. The van der Waals surface area contributed by atoms with Gasteiger partial charge in [-0.3, -0.25) is 4.79 Å². The van der Waals surface area contributed by atoms with Crippen LogP contribution in [0.5, 0.6) is 0 Å². The molecule has 0 aliphatic rings. The number of carbonyl (C=O) groups is 2. The maximum absolute atomic E-state index is 14.0. The van der Waals surface area contributed by atoms with Gasteiger partial charge in [0, 0.05) is 25.6 Å². The zero-order chi connectivity index (χ0) is 36.0. The van der Waals surface area contributed by atoms with Crippen molar-refractivity contribution >= 4 is 21.8 Å². The van der Waals surface area contributed by atoms with Crippen LogP contribution in [0.15, 0.2) is 72.8 Å². The Morgan fingerprint density at radius 2 is 1.53 bits per heavy atom. The van der Waals surface area contributed by atoms with Crippen LogP contribution in [0.25, 0.3) is 0 Å². The number of hydrogen-bond acceptors (Lipinski definition) is 7. The number of sulfone groups is 1. The molecule has 0 radical (unpaired) electrons. The molecule has 15 heteroatoms. The molecular weight excluding hydrogens is 673 g/mol. The molecule has 0 aliphatic heterocycles. The van der Waals surface area contributed by atoms with Crippen LogP contribution in [0, 0.1) is 11.6 Å². The van der Waals surface area contributed by atoms with Crippen molar-refractivity contribution in [1.29, 1.82) is 0 Å². The van der Waals surface area contributed by atoms with Crippen molar-refractivity contribution < 1.29 is 49.8 Å². The second-order valence-electron chi connectivity index (χ2n) is 11.6. The Labute approximate surface area is 282 Å². The highest BCUT2D eigenvalue weighted by molar-refractivity contribution is 7.91. The molecule has 268 valence electrons. The summed E-state index contributed by atoms with van der Waals surface area (Å²) >= 11 is 0. The average molecular weight is 714 g/mol. The number of benzene rings is 3. The van der Waals surface area contributed by atoms with Crippen molar-refractivity contribution in [3.8, 4) is 0 Å². The van der Waals surface area contributed by atoms with Crippen molar-refractivity contribution in [1.82, 2.24) is 16.0 Å². The number of alkyl carbamates (subject to hydrolysis) is 1. The number of hydrogen-bond donors (Lipinski definition) is 4. The molecule has 0 spiro atoms. The Morgan fingerprint density at radius 1 is 0.878 bits per heavy atom. The number of carbonyl (C=O) groups excluding carboxylic acids is 2. The van der Waals surface area contributed by atoms with Gasteiger partial charge >= 0.3 is 12.3 Å². The summed E-state index contributed by atoms with van der Waals surface area (Å²) in [7, 11) is -4.34. The van der Waals surface area contributed by atoms with Gasteiger partial charge in [0.2, 0.25) is 5.91 Å². The molecule has 4 N–H and O–H groups in total. The number of amides is 2. The van der Waals surface area contributed by atoms with Gasteiger partial charge < -0.3 is 25.8 Å². The number of nitrogens with one attached hydrogen (secondary N) is 3. The maximum Gasteiger partial charge on any atom is 0.408 e. The van der Waals surface area contributed by atoms with Gasteiger partial charge in [-0.15, -0.1) is 0 Å². The quantitative estimate of drug-likeness (QED) is 0.140. The largest absolute Gasteiger partial charge is 0.445 e. The van der Waals surface area contributed by atoms with Crippen molar-refractivity contribution in [2.24, 2.45) is 0 Å². The van der Waals surface area contributed by atoms with E-state index in [0.717, 1.165) is 29.7 Å². The van der Waals surface area contributed by atoms with Gasteiger partial charge in [-0.05, 0) is 53.6 Å². The van der Waals surface area contributed by atoms with Crippen LogP contribution in [0.1, 0.15) is 42.0 Å². The minimum Gasteiger partial charge on any atom is -0.445 e. The van der Waals surface area contributed by atoms with E-state index in [1.807, 2.05) is 31.2 Å². The Kier molecular flexibility index (Phi) is 15.0. The van der Waals surface area contributed by atoms with Crippen LogP contribution >= 0.6 is 0 Å². The highest BCUT2D eigenvalue weighted by Gasteiger charge is 2.33. The third kappa shape index (κ3) is 14.9. The molecule has 0 saturated heterocycles. The summed E-state index contributed by atoms with van der Waals surface area (Å²) in [5.41, 5.74) is 2.64. The summed E-state index contributed by atoms with van der Waals surface area (Å²) in [4.78, 5) is 26.2. The second kappa shape index (κ2) is 18.6. The van der Waals surface area contributed by atoms with E-state index in [2.05, 4.69) is 16.0 Å². The first-order valence-electron chi connectivity index (χ1n) is 15.6. The lowest BCUT2D eigenvalue weighted by Gasteiger charge is -2.27. The van der Waals surface area contributed by atoms with E-state index in [4.69, 9.17) is 4.74 Å². The molecule has 9 nitrogen and oxygen atoms in total. The summed E-state index contributed by atoms with van der Waals surface area (Å²) in [5.74, 6) is -4.94. The molecule has 0 fully saturated rings. The van der Waals surface area contributed by atoms with Crippen LogP contribution in [0.3, 0.4) is 0 Å². The third-order valence-electron chi connectivity index (χ3n) is 7.41. The molecule has 3 atom stereocenters. The number of alkyl halides is 3. The topological polar surface area (TPSA) is 134 Å². The maximum atomic E-state index is 14.0. The van der Waals surface area contributed by atoms with Crippen LogP contribution in [-0.2, 0) is 45.4 Å². The summed E-state index contributed by atoms with van der Waals surface area (Å²) < 4.78 is 96.8. The molecular formula is C34H40F5N3O6S. The number of aryl methyl sites for hydroxylation is 1. The fourth-order valence-electron chi connectivity index (χ4n) is 4.94. The van der Waals surface area contributed by atoms with E-state index < -0.39 is 82.2 Å². The lowest BCUT2D eigenvalue weighted by atomic mass is 10.00. The molecule has 49 heavy (non-hydrogen) atoms. The molecule has 3 aromatic rings. The van der Waals surface area contributed by atoms with Gasteiger partial charge in [0.05, 0.1) is 23.7 Å². The number of aliphatic hydroxyl groups excluding tert-OH is 1. The van der Waals surface area contributed by atoms with Gasteiger partial charge in [0.15, 0.2) is 9.84 Å². The Balaban J connectivity index is 1.79. The van der Waals surface area contributed by atoms with Gasteiger partial charge in [-0.1, -0.05) is 61.5 Å². The molecule has 0 unspecified atom stereocenters. The number of ether oxygens (including phenoxy) is 1. The zero-order valence-corrected chi connectivity index (χ0v) is 27.6. The van der Waals surface area contributed by atoms with Crippen molar-refractivity contribution in [2.75, 3.05) is 18.1 Å². The normalized spacial score (nSPS) is 13.7. The minimum atomic E-state index is -4.60. The van der Waals surface area contributed by atoms with Crippen LogP contribution in [0.2, 0.25) is 0 Å².